The van der Waals surface area contributed by atoms with Crippen LogP contribution in [0.4, 0.5) is 0 Å². The first-order valence-electron chi connectivity index (χ1n) is 6.64. The molecule has 5 nitrogen and oxygen atoms in total. The Morgan fingerprint density at radius 1 is 1.33 bits per heavy atom. The first-order chi connectivity index (χ1) is 9.97. The van der Waals surface area contributed by atoms with Crippen molar-refractivity contribution in [2.75, 3.05) is 26.2 Å². The van der Waals surface area contributed by atoms with Gasteiger partial charge in [0.25, 0.3) is 0 Å². The van der Waals surface area contributed by atoms with Crippen LogP contribution >= 0.6 is 12.2 Å². The molecule has 0 saturated carbocycles. The van der Waals surface area contributed by atoms with Crippen molar-refractivity contribution in [3.05, 3.63) is 16.9 Å². The quantitative estimate of drug-likeness (QED) is 0.828. The first-order valence-corrected chi connectivity index (χ1v) is 8.77. The lowest BCUT2D eigenvalue weighted by atomic mass is 10.2. The molecule has 0 aliphatic carbocycles. The van der Waals surface area contributed by atoms with Gasteiger partial charge >= 0.3 is 0 Å². The summed E-state index contributed by atoms with van der Waals surface area (Å²) in [4.78, 5) is 3.19. The predicted octanol–water partition coefficient (Wildman–Crippen LogP) is 3.05. The van der Waals surface area contributed by atoms with Crippen LogP contribution < -0.4 is 9.47 Å². The Kier molecular flexibility index (Phi) is 5.05. The van der Waals surface area contributed by atoms with Crippen LogP contribution in [0.2, 0.25) is 0 Å². The van der Waals surface area contributed by atoms with Crippen molar-refractivity contribution in [2.24, 2.45) is 0 Å². The second kappa shape index (κ2) is 6.62. The van der Waals surface area contributed by atoms with Crippen LogP contribution in [0, 0.1) is 4.77 Å². The largest absolute Gasteiger partial charge is 0.493 e. The van der Waals surface area contributed by atoms with Crippen molar-refractivity contribution in [2.45, 2.75) is 19.4 Å². The average molecular weight is 328 g/mol. The second-order valence-electron chi connectivity index (χ2n) is 4.94. The number of benzene rings is 1. The maximum atomic E-state index is 11.3. The minimum Gasteiger partial charge on any atom is -0.493 e. The van der Waals surface area contributed by atoms with Crippen molar-refractivity contribution in [3.63, 3.8) is 0 Å². The molecule has 0 saturated heterocycles. The van der Waals surface area contributed by atoms with E-state index >= 15 is 0 Å². The summed E-state index contributed by atoms with van der Waals surface area (Å²) in [6, 6.07) is 3.96. The fourth-order valence-corrected chi connectivity index (χ4v) is 3.42. The summed E-state index contributed by atoms with van der Waals surface area (Å²) in [5.41, 5.74) is 1.87. The highest BCUT2D eigenvalue weighted by atomic mass is 32.2. The molecule has 7 heteroatoms. The minimum atomic E-state index is -0.801. The first kappa shape index (κ1) is 16.0. The summed E-state index contributed by atoms with van der Waals surface area (Å²) in [5.74, 6) is 1.98. The summed E-state index contributed by atoms with van der Waals surface area (Å²) < 4.78 is 24.6. The normalized spacial score (nSPS) is 14.1. The van der Waals surface area contributed by atoms with Gasteiger partial charge in [-0.25, -0.2) is 0 Å². The van der Waals surface area contributed by atoms with E-state index in [2.05, 4.69) is 11.9 Å². The molecule has 2 unspecified atom stereocenters. The number of methoxy groups -OCH3 is 2. The van der Waals surface area contributed by atoms with Crippen molar-refractivity contribution in [1.29, 1.82) is 0 Å². The highest BCUT2D eigenvalue weighted by molar-refractivity contribution is 7.84. The number of hydrogen-bond donors (Lipinski definition) is 1. The summed E-state index contributed by atoms with van der Waals surface area (Å²) in [6.45, 7) is 2.08. The van der Waals surface area contributed by atoms with E-state index in [0.29, 0.717) is 22.0 Å². The number of hydrogen-bond acceptors (Lipinski definition) is 4. The molecule has 0 aliphatic heterocycles. The summed E-state index contributed by atoms with van der Waals surface area (Å²) >= 11 is 5.42. The highest BCUT2D eigenvalue weighted by Gasteiger charge is 2.15. The lowest BCUT2D eigenvalue weighted by Crippen LogP contribution is -2.09. The van der Waals surface area contributed by atoms with Crippen molar-refractivity contribution in [3.8, 4) is 11.5 Å². The number of H-pyrrole nitrogens is 1. The van der Waals surface area contributed by atoms with Crippen LogP contribution in [0.15, 0.2) is 12.1 Å². The van der Waals surface area contributed by atoms with E-state index in [-0.39, 0.29) is 6.04 Å². The summed E-state index contributed by atoms with van der Waals surface area (Å²) in [5, 5.41) is 0. The van der Waals surface area contributed by atoms with E-state index in [1.165, 1.54) is 0 Å². The minimum absolute atomic E-state index is 0.160. The molecular formula is C14H20N2O3S2. The van der Waals surface area contributed by atoms with Gasteiger partial charge in [-0.1, -0.05) is 0 Å². The van der Waals surface area contributed by atoms with Gasteiger partial charge in [0, 0.05) is 41.0 Å². The zero-order valence-corrected chi connectivity index (χ0v) is 14.3. The zero-order valence-electron chi connectivity index (χ0n) is 12.6. The number of ether oxygens (including phenoxy) is 2. The number of imidazole rings is 1. The molecule has 0 fully saturated rings. The third kappa shape index (κ3) is 3.29. The molecule has 116 valence electrons. The average Bonchev–Trinajstić information content (AvgIpc) is 2.77. The highest BCUT2D eigenvalue weighted by Crippen LogP contribution is 2.33. The smallest absolute Gasteiger partial charge is 0.178 e. The molecular weight excluding hydrogens is 308 g/mol. The van der Waals surface area contributed by atoms with Crippen LogP contribution in [-0.2, 0) is 10.8 Å². The molecule has 0 spiro atoms. The van der Waals surface area contributed by atoms with Gasteiger partial charge in [0.05, 0.1) is 25.3 Å². The number of aromatic nitrogens is 2. The monoisotopic (exact) mass is 328 g/mol. The Morgan fingerprint density at radius 2 is 1.95 bits per heavy atom. The fraction of sp³-hybridized carbons (Fsp3) is 0.500. The standard InChI is InChI=1S/C14H20N2O3S2/c1-9(5-6-21(4)17)16-11-8-13(19-3)12(18-2)7-10(11)15-14(16)20/h7-9H,5-6H2,1-4H3,(H,15,20). The van der Waals surface area contributed by atoms with Crippen molar-refractivity contribution < 1.29 is 13.7 Å². The lowest BCUT2D eigenvalue weighted by Gasteiger charge is -2.15. The van der Waals surface area contributed by atoms with Gasteiger partial charge in [-0.05, 0) is 25.6 Å². The predicted molar refractivity (Wildman–Crippen MR) is 88.5 cm³/mol. The molecule has 1 heterocycles. The maximum Gasteiger partial charge on any atom is 0.178 e. The van der Waals surface area contributed by atoms with Crippen LogP contribution in [-0.4, -0.2) is 40.0 Å². The van der Waals surface area contributed by atoms with E-state index in [0.717, 1.165) is 17.5 Å². The van der Waals surface area contributed by atoms with Gasteiger partial charge in [0.2, 0.25) is 0 Å². The number of nitrogens with zero attached hydrogens (tertiary/aromatic N) is 1. The molecule has 0 amide bonds. The number of aromatic amines is 1. The Balaban J connectivity index is 2.50. The molecule has 2 atom stereocenters. The van der Waals surface area contributed by atoms with Crippen LogP contribution in [0.25, 0.3) is 11.0 Å². The molecule has 0 radical (unpaired) electrons. The molecule has 1 aromatic heterocycles. The molecule has 21 heavy (non-hydrogen) atoms. The van der Waals surface area contributed by atoms with Gasteiger partial charge in [0.15, 0.2) is 16.3 Å². The molecule has 1 N–H and O–H groups in total. The van der Waals surface area contributed by atoms with Crippen LogP contribution in [0.1, 0.15) is 19.4 Å². The van der Waals surface area contributed by atoms with E-state index < -0.39 is 10.8 Å². The number of fused-ring (bicyclic) bond motifs is 1. The van der Waals surface area contributed by atoms with Crippen molar-refractivity contribution >= 4 is 34.1 Å². The third-order valence-corrected chi connectivity index (χ3v) is 4.60. The fourth-order valence-electron chi connectivity index (χ4n) is 2.36. The van der Waals surface area contributed by atoms with E-state index in [9.17, 15) is 4.21 Å². The van der Waals surface area contributed by atoms with Gasteiger partial charge in [-0.2, -0.15) is 0 Å². The van der Waals surface area contributed by atoms with Crippen LogP contribution in [0.5, 0.6) is 11.5 Å². The van der Waals surface area contributed by atoms with Gasteiger partial charge in [0.1, 0.15) is 0 Å². The number of rotatable bonds is 6. The van der Waals surface area contributed by atoms with E-state index in [4.69, 9.17) is 21.7 Å². The lowest BCUT2D eigenvalue weighted by molar-refractivity contribution is 0.355. The molecule has 2 aromatic rings. The molecule has 1 aromatic carbocycles. The van der Waals surface area contributed by atoms with Gasteiger partial charge in [-0.3, -0.25) is 4.21 Å². The SMILES string of the molecule is COc1cc2[nH]c(=S)n(C(C)CCS(C)=O)c2cc1OC. The zero-order chi connectivity index (χ0) is 15.6. The van der Waals surface area contributed by atoms with Crippen LogP contribution in [0.3, 0.4) is 0 Å². The topological polar surface area (TPSA) is 56.2 Å². The maximum absolute atomic E-state index is 11.3. The Hall–Kier alpha value is -1.34. The van der Waals surface area contributed by atoms with E-state index in [1.807, 2.05) is 16.7 Å². The Bertz CT molecular complexity index is 721. The van der Waals surface area contributed by atoms with Crippen molar-refractivity contribution in [1.82, 2.24) is 9.55 Å². The van der Waals surface area contributed by atoms with E-state index in [1.54, 1.807) is 20.5 Å². The summed E-state index contributed by atoms with van der Waals surface area (Å²) in [6.07, 6.45) is 2.52. The Labute approximate surface area is 131 Å². The molecule has 2 rings (SSSR count). The van der Waals surface area contributed by atoms with Gasteiger partial charge < -0.3 is 19.0 Å². The summed E-state index contributed by atoms with van der Waals surface area (Å²) in [7, 11) is 2.41. The number of nitrogens with one attached hydrogen (secondary N) is 1. The second-order valence-corrected chi connectivity index (χ2v) is 6.88. The Morgan fingerprint density at radius 3 is 2.52 bits per heavy atom. The molecule has 0 bridgehead atoms. The van der Waals surface area contributed by atoms with Gasteiger partial charge in [-0.15, -0.1) is 0 Å². The third-order valence-electron chi connectivity index (χ3n) is 3.49. The molecule has 0 aliphatic rings.